The van der Waals surface area contributed by atoms with Crippen LogP contribution < -0.4 is 5.32 Å². The van der Waals surface area contributed by atoms with E-state index in [-0.39, 0.29) is 11.7 Å². The number of aromatic nitrogens is 2. The lowest BCUT2D eigenvalue weighted by Gasteiger charge is -2.33. The van der Waals surface area contributed by atoms with E-state index >= 15 is 0 Å². The monoisotopic (exact) mass is 399 g/mol. The number of hydrogen-bond acceptors (Lipinski definition) is 7. The quantitative estimate of drug-likeness (QED) is 0.681. The molecular formula is C20H22FN5O3. The standard InChI is InChI=1S/C20H22FN5O3/c1-14-9-18(24-29-14)23-19(27)12-26-7-5-25(6-8-26)11-17-13-28-20(22-17)15-3-2-4-16(21)10-15/h2-4,9-10,13H,5-8,11-12H2,1H3,(H,23,24,27). The highest BCUT2D eigenvalue weighted by Gasteiger charge is 2.20. The summed E-state index contributed by atoms with van der Waals surface area (Å²) in [5.41, 5.74) is 1.42. The van der Waals surface area contributed by atoms with Gasteiger partial charge in [-0.25, -0.2) is 9.37 Å². The third kappa shape index (κ3) is 5.07. The minimum absolute atomic E-state index is 0.108. The van der Waals surface area contributed by atoms with Crippen molar-refractivity contribution < 1.29 is 18.1 Å². The molecule has 4 rings (SSSR count). The first-order valence-electron chi connectivity index (χ1n) is 9.43. The van der Waals surface area contributed by atoms with Crippen LogP contribution >= 0.6 is 0 Å². The van der Waals surface area contributed by atoms with Gasteiger partial charge in [0, 0.05) is 44.4 Å². The number of halogens is 1. The van der Waals surface area contributed by atoms with E-state index in [1.165, 1.54) is 12.1 Å². The van der Waals surface area contributed by atoms with Gasteiger partial charge in [0.2, 0.25) is 11.8 Å². The van der Waals surface area contributed by atoms with Crippen molar-refractivity contribution in [3.63, 3.8) is 0 Å². The molecule has 1 saturated heterocycles. The number of piperazine rings is 1. The largest absolute Gasteiger partial charge is 0.444 e. The Kier molecular flexibility index (Phi) is 5.68. The highest BCUT2D eigenvalue weighted by molar-refractivity contribution is 5.91. The lowest BCUT2D eigenvalue weighted by molar-refractivity contribution is -0.117. The van der Waals surface area contributed by atoms with Gasteiger partial charge in [0.05, 0.1) is 12.2 Å². The van der Waals surface area contributed by atoms with Crippen molar-refractivity contribution in [2.24, 2.45) is 0 Å². The molecule has 1 N–H and O–H groups in total. The molecule has 0 unspecified atom stereocenters. The van der Waals surface area contributed by atoms with Gasteiger partial charge in [0.25, 0.3) is 0 Å². The van der Waals surface area contributed by atoms with Crippen LogP contribution in [0.25, 0.3) is 11.5 Å². The first-order chi connectivity index (χ1) is 14.0. The number of hydrogen-bond donors (Lipinski definition) is 1. The van der Waals surface area contributed by atoms with E-state index < -0.39 is 0 Å². The molecule has 2 aromatic heterocycles. The molecular weight excluding hydrogens is 377 g/mol. The number of anilines is 1. The summed E-state index contributed by atoms with van der Waals surface area (Å²) < 4.78 is 23.8. The molecule has 1 amide bonds. The normalized spacial score (nSPS) is 15.5. The smallest absolute Gasteiger partial charge is 0.239 e. The second-order valence-corrected chi connectivity index (χ2v) is 7.08. The van der Waals surface area contributed by atoms with E-state index in [2.05, 4.69) is 25.3 Å². The Morgan fingerprint density at radius 2 is 2.00 bits per heavy atom. The maximum absolute atomic E-state index is 13.4. The third-order valence-corrected chi connectivity index (χ3v) is 4.74. The molecule has 0 saturated carbocycles. The molecule has 0 bridgehead atoms. The minimum Gasteiger partial charge on any atom is -0.444 e. The second-order valence-electron chi connectivity index (χ2n) is 7.08. The van der Waals surface area contributed by atoms with Crippen molar-refractivity contribution in [2.75, 3.05) is 38.0 Å². The number of rotatable bonds is 6. The summed E-state index contributed by atoms with van der Waals surface area (Å²) in [4.78, 5) is 20.9. The molecule has 8 nitrogen and oxygen atoms in total. The highest BCUT2D eigenvalue weighted by atomic mass is 19.1. The van der Waals surface area contributed by atoms with Crippen molar-refractivity contribution in [2.45, 2.75) is 13.5 Å². The van der Waals surface area contributed by atoms with Gasteiger partial charge in [-0.05, 0) is 25.1 Å². The SMILES string of the molecule is Cc1cc(NC(=O)CN2CCN(Cc3coc(-c4cccc(F)c4)n3)CC2)no1. The molecule has 29 heavy (non-hydrogen) atoms. The number of nitrogens with zero attached hydrogens (tertiary/aromatic N) is 4. The first kappa shape index (κ1) is 19.3. The number of benzene rings is 1. The predicted molar refractivity (Wildman–Crippen MR) is 103 cm³/mol. The number of nitrogens with one attached hydrogen (secondary N) is 1. The molecule has 0 atom stereocenters. The van der Waals surface area contributed by atoms with Crippen LogP contribution in [0.1, 0.15) is 11.5 Å². The number of carbonyl (C=O) groups excluding carboxylic acids is 1. The predicted octanol–water partition coefficient (Wildman–Crippen LogP) is 2.53. The Labute approximate surface area is 167 Å². The molecule has 0 spiro atoms. The summed E-state index contributed by atoms with van der Waals surface area (Å²) in [6.45, 7) is 5.93. The Bertz CT molecular complexity index is 978. The zero-order valence-electron chi connectivity index (χ0n) is 16.1. The van der Waals surface area contributed by atoms with Crippen LogP contribution in [-0.2, 0) is 11.3 Å². The summed E-state index contributed by atoms with van der Waals surface area (Å²) >= 11 is 0. The van der Waals surface area contributed by atoms with E-state index in [4.69, 9.17) is 8.94 Å². The molecule has 3 heterocycles. The highest BCUT2D eigenvalue weighted by Crippen LogP contribution is 2.20. The molecule has 152 valence electrons. The third-order valence-electron chi connectivity index (χ3n) is 4.74. The number of aryl methyl sites for hydroxylation is 1. The Morgan fingerprint density at radius 3 is 2.72 bits per heavy atom. The van der Waals surface area contributed by atoms with E-state index in [1.54, 1.807) is 31.4 Å². The zero-order valence-corrected chi connectivity index (χ0v) is 16.1. The summed E-state index contributed by atoms with van der Waals surface area (Å²) in [7, 11) is 0. The van der Waals surface area contributed by atoms with Gasteiger partial charge in [-0.1, -0.05) is 11.2 Å². The average Bonchev–Trinajstić information content (AvgIpc) is 3.32. The van der Waals surface area contributed by atoms with Gasteiger partial charge >= 0.3 is 0 Å². The lowest BCUT2D eigenvalue weighted by Crippen LogP contribution is -2.48. The van der Waals surface area contributed by atoms with Gasteiger partial charge in [0.1, 0.15) is 17.8 Å². The van der Waals surface area contributed by atoms with E-state index in [1.807, 2.05) is 0 Å². The maximum atomic E-state index is 13.4. The summed E-state index contributed by atoms with van der Waals surface area (Å²) in [6.07, 6.45) is 1.61. The van der Waals surface area contributed by atoms with Crippen LogP contribution in [-0.4, -0.2) is 58.6 Å². The number of amides is 1. The van der Waals surface area contributed by atoms with Gasteiger partial charge in [0.15, 0.2) is 5.82 Å². The van der Waals surface area contributed by atoms with Crippen LogP contribution in [0.3, 0.4) is 0 Å². The van der Waals surface area contributed by atoms with Gasteiger partial charge in [-0.2, -0.15) is 0 Å². The Morgan fingerprint density at radius 1 is 1.21 bits per heavy atom. The zero-order chi connectivity index (χ0) is 20.2. The van der Waals surface area contributed by atoms with Gasteiger partial charge in [-0.15, -0.1) is 0 Å². The fraction of sp³-hybridized carbons (Fsp3) is 0.350. The topological polar surface area (TPSA) is 87.6 Å². The van der Waals surface area contributed by atoms with Gasteiger partial charge < -0.3 is 14.3 Å². The van der Waals surface area contributed by atoms with Crippen molar-refractivity contribution in [1.29, 1.82) is 0 Å². The van der Waals surface area contributed by atoms with Crippen LogP contribution in [0.5, 0.6) is 0 Å². The molecule has 0 radical (unpaired) electrons. The molecule has 1 aliphatic rings. The first-order valence-corrected chi connectivity index (χ1v) is 9.43. The molecule has 0 aliphatic carbocycles. The van der Waals surface area contributed by atoms with Crippen molar-refractivity contribution in [3.05, 3.63) is 53.9 Å². The lowest BCUT2D eigenvalue weighted by atomic mass is 10.2. The number of carbonyl (C=O) groups is 1. The Balaban J connectivity index is 1.24. The van der Waals surface area contributed by atoms with Crippen molar-refractivity contribution >= 4 is 11.7 Å². The van der Waals surface area contributed by atoms with Crippen LogP contribution in [0.4, 0.5) is 10.2 Å². The molecule has 1 aliphatic heterocycles. The minimum atomic E-state index is -0.318. The summed E-state index contributed by atoms with van der Waals surface area (Å²) in [6, 6.07) is 7.88. The van der Waals surface area contributed by atoms with E-state index in [0.717, 1.165) is 31.9 Å². The van der Waals surface area contributed by atoms with Crippen LogP contribution in [0.15, 0.2) is 45.5 Å². The van der Waals surface area contributed by atoms with Crippen LogP contribution in [0.2, 0.25) is 0 Å². The number of oxazole rings is 1. The van der Waals surface area contributed by atoms with E-state index in [9.17, 15) is 9.18 Å². The van der Waals surface area contributed by atoms with Crippen molar-refractivity contribution in [3.8, 4) is 11.5 Å². The van der Waals surface area contributed by atoms with Crippen LogP contribution in [0, 0.1) is 12.7 Å². The molecule has 1 aromatic carbocycles. The molecule has 1 fully saturated rings. The summed E-state index contributed by atoms with van der Waals surface area (Å²) in [5.74, 6) is 1.08. The second kappa shape index (κ2) is 8.54. The van der Waals surface area contributed by atoms with Crippen molar-refractivity contribution in [1.82, 2.24) is 19.9 Å². The molecule has 9 heteroatoms. The molecule has 3 aromatic rings. The summed E-state index contributed by atoms with van der Waals surface area (Å²) in [5, 5.41) is 6.50. The maximum Gasteiger partial charge on any atom is 0.239 e. The van der Waals surface area contributed by atoms with Gasteiger partial charge in [-0.3, -0.25) is 14.6 Å². The Hall–Kier alpha value is -3.04. The fourth-order valence-electron chi connectivity index (χ4n) is 3.28. The average molecular weight is 399 g/mol. The fourth-order valence-corrected chi connectivity index (χ4v) is 3.28. The van der Waals surface area contributed by atoms with E-state index in [0.29, 0.717) is 36.1 Å².